The normalized spacial score (nSPS) is 12.8. The topological polar surface area (TPSA) is 90.5 Å². The first-order valence-corrected chi connectivity index (χ1v) is 13.0. The Hall–Kier alpha value is -3.16. The molecule has 2 aromatic carbocycles. The lowest BCUT2D eigenvalue weighted by Gasteiger charge is -2.27. The second-order valence-electron chi connectivity index (χ2n) is 8.25. The quantitative estimate of drug-likeness (QED) is 0.216. The molecule has 0 bridgehead atoms. The van der Waals surface area contributed by atoms with Crippen LogP contribution in [0, 0.1) is 5.82 Å². The zero-order chi connectivity index (χ0) is 24.7. The highest BCUT2D eigenvalue weighted by Crippen LogP contribution is 2.45. The van der Waals surface area contributed by atoms with Crippen molar-refractivity contribution in [1.29, 1.82) is 0 Å². The van der Waals surface area contributed by atoms with Crippen molar-refractivity contribution in [1.82, 2.24) is 14.9 Å². The van der Waals surface area contributed by atoms with E-state index in [9.17, 15) is 14.0 Å². The number of thiophene rings is 1. The molecule has 1 aliphatic heterocycles. The fraction of sp³-hybridized carbons (Fsp3) is 0.167. The summed E-state index contributed by atoms with van der Waals surface area (Å²) in [4.78, 5) is 39.3. The van der Waals surface area contributed by atoms with Crippen LogP contribution < -0.4 is 15.5 Å². The van der Waals surface area contributed by atoms with E-state index in [-0.39, 0.29) is 11.7 Å². The zero-order valence-corrected chi connectivity index (χ0v) is 21.8. The molecule has 2 N–H and O–H groups in total. The monoisotopic (exact) mass is 602 g/mol. The Kier molecular flexibility index (Phi) is 6.38. The molecule has 0 unspecified atom stereocenters. The number of carbonyl (C=O) groups excluding carboxylic acids is 2. The maximum Gasteiger partial charge on any atom is 0.332 e. The van der Waals surface area contributed by atoms with Crippen LogP contribution in [0.15, 0.2) is 48.8 Å². The number of anilines is 4. The maximum absolute atomic E-state index is 14.1. The van der Waals surface area contributed by atoms with Gasteiger partial charge in [-0.2, -0.15) is 0 Å². The van der Waals surface area contributed by atoms with Crippen molar-refractivity contribution >= 4 is 79.0 Å². The number of halogens is 2. The minimum atomic E-state index is -0.482. The van der Waals surface area contributed by atoms with Crippen LogP contribution in [0.1, 0.15) is 20.8 Å². The summed E-state index contributed by atoms with van der Waals surface area (Å²) >= 11 is 3.25. The van der Waals surface area contributed by atoms with Crippen molar-refractivity contribution in [2.45, 2.75) is 11.0 Å². The van der Waals surface area contributed by atoms with Gasteiger partial charge in [-0.15, -0.1) is 11.3 Å². The fourth-order valence-corrected chi connectivity index (χ4v) is 5.49. The van der Waals surface area contributed by atoms with Gasteiger partial charge in [0.15, 0.2) is 5.82 Å². The van der Waals surface area contributed by atoms with Crippen LogP contribution in [0.2, 0.25) is 0 Å². The van der Waals surface area contributed by atoms with Gasteiger partial charge < -0.3 is 15.5 Å². The molecule has 0 fully saturated rings. The molecule has 2 aromatic heterocycles. The molecule has 0 saturated carbocycles. The second-order valence-corrected chi connectivity index (χ2v) is 10.0. The van der Waals surface area contributed by atoms with Crippen LogP contribution in [0.4, 0.5) is 32.1 Å². The van der Waals surface area contributed by atoms with Gasteiger partial charge in [0.25, 0.3) is 5.91 Å². The van der Waals surface area contributed by atoms with Crippen LogP contribution in [0.25, 0.3) is 10.2 Å². The SMILES string of the molecule is CN(C)Cc1ccc(NC(=O)c2sc3ncnc4c3c2NC(=O)N4c2ccc(F)c(CI)c2)cc1. The Bertz CT molecular complexity index is 1460. The van der Waals surface area contributed by atoms with Gasteiger partial charge in [-0.25, -0.2) is 24.1 Å². The third kappa shape index (κ3) is 4.46. The van der Waals surface area contributed by atoms with Gasteiger partial charge in [-0.3, -0.25) is 4.79 Å². The van der Waals surface area contributed by atoms with Gasteiger partial charge in [0.05, 0.1) is 16.8 Å². The number of aromatic nitrogens is 2. The van der Waals surface area contributed by atoms with Crippen LogP contribution in [-0.2, 0) is 11.0 Å². The van der Waals surface area contributed by atoms with Crippen LogP contribution in [0.5, 0.6) is 0 Å². The molecular weight excluding hydrogens is 582 g/mol. The van der Waals surface area contributed by atoms with E-state index in [0.717, 1.165) is 12.1 Å². The Morgan fingerprint density at radius 2 is 1.97 bits per heavy atom. The fourth-order valence-electron chi connectivity index (χ4n) is 3.91. The summed E-state index contributed by atoms with van der Waals surface area (Å²) in [7, 11) is 3.99. The number of nitrogens with one attached hydrogen (secondary N) is 2. The molecule has 5 rings (SSSR count). The lowest BCUT2D eigenvalue weighted by atomic mass is 10.1. The molecule has 0 aliphatic carbocycles. The first-order valence-electron chi connectivity index (χ1n) is 10.6. The molecule has 35 heavy (non-hydrogen) atoms. The number of hydrogen-bond acceptors (Lipinski definition) is 6. The number of carbonyl (C=O) groups is 2. The molecule has 4 aromatic rings. The number of amides is 3. The van der Waals surface area contributed by atoms with Gasteiger partial charge in [0.2, 0.25) is 0 Å². The first kappa shape index (κ1) is 23.6. The van der Waals surface area contributed by atoms with E-state index in [2.05, 4.69) is 48.1 Å². The highest BCUT2D eigenvalue weighted by molar-refractivity contribution is 14.1. The summed E-state index contributed by atoms with van der Waals surface area (Å²) in [6.07, 6.45) is 1.36. The van der Waals surface area contributed by atoms with Crippen molar-refractivity contribution in [3.63, 3.8) is 0 Å². The number of benzene rings is 2. The van der Waals surface area contributed by atoms with Crippen LogP contribution in [-0.4, -0.2) is 40.9 Å². The van der Waals surface area contributed by atoms with Crippen molar-refractivity contribution in [3.8, 4) is 0 Å². The van der Waals surface area contributed by atoms with Crippen molar-refractivity contribution < 1.29 is 14.0 Å². The van der Waals surface area contributed by atoms with E-state index < -0.39 is 6.03 Å². The van der Waals surface area contributed by atoms with Crippen molar-refractivity contribution in [2.75, 3.05) is 29.6 Å². The highest BCUT2D eigenvalue weighted by Gasteiger charge is 2.34. The largest absolute Gasteiger partial charge is 0.332 e. The van der Waals surface area contributed by atoms with Crippen molar-refractivity contribution in [2.24, 2.45) is 0 Å². The lowest BCUT2D eigenvalue weighted by molar-refractivity contribution is 0.103. The number of hydrogen-bond donors (Lipinski definition) is 2. The molecule has 0 radical (unpaired) electrons. The molecule has 8 nitrogen and oxygen atoms in total. The van der Waals surface area contributed by atoms with Gasteiger partial charge in [-0.1, -0.05) is 34.7 Å². The molecule has 11 heteroatoms. The molecule has 1 aliphatic rings. The summed E-state index contributed by atoms with van der Waals surface area (Å²) in [6, 6.07) is 11.6. The summed E-state index contributed by atoms with van der Waals surface area (Å²) in [5, 5.41) is 6.30. The van der Waals surface area contributed by atoms with Gasteiger partial charge in [0, 0.05) is 16.7 Å². The molecule has 0 saturated heterocycles. The Balaban J connectivity index is 1.50. The van der Waals surface area contributed by atoms with E-state index in [1.165, 1.54) is 34.7 Å². The molecule has 3 amide bonds. The van der Waals surface area contributed by atoms with Crippen molar-refractivity contribution in [3.05, 3.63) is 70.6 Å². The first-order chi connectivity index (χ1) is 16.9. The van der Waals surface area contributed by atoms with Crippen LogP contribution >= 0.6 is 33.9 Å². The zero-order valence-electron chi connectivity index (χ0n) is 18.8. The standard InChI is InChI=1S/C24H20FIN6O2S/c1-31(2)11-13-3-5-15(6-4-13)29-22(33)20-19-18-21(27-12-28-23(18)35-20)32(24(34)30-19)16-7-8-17(25)14(9-16)10-26/h3-9,12H,10-11H2,1-2H3,(H,29,33)(H,30,34). The average molecular weight is 602 g/mol. The molecule has 3 heterocycles. The minimum Gasteiger partial charge on any atom is -0.321 e. The van der Waals surface area contributed by atoms with Gasteiger partial charge in [-0.05, 0) is 55.6 Å². The molecule has 0 atom stereocenters. The number of urea groups is 1. The summed E-state index contributed by atoms with van der Waals surface area (Å²) in [5.74, 6) is -0.335. The Morgan fingerprint density at radius 3 is 2.69 bits per heavy atom. The molecule has 178 valence electrons. The number of rotatable bonds is 6. The minimum absolute atomic E-state index is 0.333. The van der Waals surface area contributed by atoms with Crippen LogP contribution in [0.3, 0.4) is 0 Å². The summed E-state index contributed by atoms with van der Waals surface area (Å²) in [5.41, 5.74) is 3.11. The molecular formula is C24H20FIN6O2S. The third-order valence-corrected chi connectivity index (χ3v) is 7.38. The van der Waals surface area contributed by atoms with E-state index >= 15 is 0 Å². The second kappa shape index (κ2) is 9.47. The predicted octanol–water partition coefficient (Wildman–Crippen LogP) is 5.76. The van der Waals surface area contributed by atoms with E-state index in [4.69, 9.17) is 0 Å². The van der Waals surface area contributed by atoms with E-state index in [0.29, 0.717) is 48.0 Å². The Labute approximate surface area is 218 Å². The predicted molar refractivity (Wildman–Crippen MR) is 144 cm³/mol. The maximum atomic E-state index is 14.1. The smallest absolute Gasteiger partial charge is 0.321 e. The van der Waals surface area contributed by atoms with Gasteiger partial charge >= 0.3 is 6.03 Å². The Morgan fingerprint density at radius 1 is 1.20 bits per heavy atom. The number of nitrogens with zero attached hydrogens (tertiary/aromatic N) is 4. The third-order valence-electron chi connectivity index (χ3n) is 5.46. The average Bonchev–Trinajstić information content (AvgIpc) is 3.20. The highest BCUT2D eigenvalue weighted by atomic mass is 127. The van der Waals surface area contributed by atoms with Gasteiger partial charge in [0.1, 0.15) is 21.9 Å². The number of alkyl halides is 1. The van der Waals surface area contributed by atoms with E-state index in [1.807, 2.05) is 38.4 Å². The van der Waals surface area contributed by atoms with E-state index in [1.54, 1.807) is 6.07 Å². The summed E-state index contributed by atoms with van der Waals surface area (Å²) < 4.78 is 14.5. The summed E-state index contributed by atoms with van der Waals surface area (Å²) in [6.45, 7) is 0.798. The molecule has 0 spiro atoms. The lowest BCUT2D eigenvalue weighted by Crippen LogP contribution is -2.35.